The quantitative estimate of drug-likeness (QED) is 0.281. The molecule has 0 aromatic rings. The van der Waals surface area contributed by atoms with Crippen LogP contribution in [0.25, 0.3) is 0 Å². The second-order valence-electron chi connectivity index (χ2n) is 3.96. The third-order valence-corrected chi connectivity index (χ3v) is 7.61. The van der Waals surface area contributed by atoms with E-state index in [1.165, 1.54) is 0 Å². The molecule has 0 spiro atoms. The van der Waals surface area contributed by atoms with Crippen LogP contribution in [-0.2, 0) is 40.1 Å². The molecule has 0 amide bonds. The molecule has 0 atom stereocenters. The van der Waals surface area contributed by atoms with E-state index in [1.807, 2.05) is 0 Å². The van der Waals surface area contributed by atoms with Crippen LogP contribution in [-0.4, -0.2) is 55.7 Å². The van der Waals surface area contributed by atoms with Gasteiger partial charge in [0, 0.05) is 0 Å². The van der Waals surface area contributed by atoms with Crippen LogP contribution in [0.4, 0.5) is 52.7 Å². The molecule has 0 bridgehead atoms. The maximum Gasteiger partial charge on any atom is 1.00 e. The summed E-state index contributed by atoms with van der Waals surface area (Å²) in [5, 5.41) is 0. The normalized spacial score (nSPS) is 14.8. The summed E-state index contributed by atoms with van der Waals surface area (Å²) in [6.07, 6.45) is 0. The molecule has 0 aromatic heterocycles. The van der Waals surface area contributed by atoms with Crippen LogP contribution >= 0.6 is 0 Å². The number of alkyl halides is 12. The molecule has 0 aliphatic rings. The van der Waals surface area contributed by atoms with E-state index in [0.717, 1.165) is 0 Å². The molecular formula is C4H3F12LiN2O8S4. The van der Waals surface area contributed by atoms with Crippen molar-refractivity contribution in [2.75, 3.05) is 0 Å². The van der Waals surface area contributed by atoms with Crippen molar-refractivity contribution in [3.05, 3.63) is 0 Å². The van der Waals surface area contributed by atoms with Crippen molar-refractivity contribution in [1.29, 1.82) is 0 Å². The Morgan fingerprint density at radius 1 is 0.387 bits per heavy atom. The molecule has 0 aliphatic carbocycles. The summed E-state index contributed by atoms with van der Waals surface area (Å²) in [6, 6.07) is 0. The van der Waals surface area contributed by atoms with Crippen LogP contribution in [0.2, 0.25) is 0 Å². The van der Waals surface area contributed by atoms with Gasteiger partial charge in [-0.3, -0.25) is 0 Å². The fraction of sp³-hybridized carbons (Fsp3) is 1.00. The molecule has 0 aliphatic heterocycles. The molecule has 10 nitrogen and oxygen atoms in total. The van der Waals surface area contributed by atoms with Crippen molar-refractivity contribution < 1.29 is 107 Å². The second kappa shape index (κ2) is 9.77. The minimum absolute atomic E-state index is 0. The fourth-order valence-corrected chi connectivity index (χ4v) is 4.30. The third kappa shape index (κ3) is 9.87. The second-order valence-corrected chi connectivity index (χ2v) is 11.2. The van der Waals surface area contributed by atoms with E-state index in [4.69, 9.17) is 0 Å². The van der Waals surface area contributed by atoms with Crippen LogP contribution in [0.5, 0.6) is 0 Å². The van der Waals surface area contributed by atoms with Crippen molar-refractivity contribution in [2.45, 2.75) is 22.0 Å². The van der Waals surface area contributed by atoms with Gasteiger partial charge in [-0.25, -0.2) is 33.7 Å². The van der Waals surface area contributed by atoms with Gasteiger partial charge in [-0.15, -0.1) is 0 Å². The van der Waals surface area contributed by atoms with Crippen molar-refractivity contribution in [2.24, 2.45) is 0 Å². The van der Waals surface area contributed by atoms with Crippen LogP contribution in [0.3, 0.4) is 0 Å². The predicted octanol–water partition coefficient (Wildman–Crippen LogP) is -2.33. The number of hydrogen-bond acceptors (Lipinski definition) is 8. The average Bonchev–Trinajstić information content (AvgIpc) is 2.30. The van der Waals surface area contributed by atoms with E-state index >= 15 is 0 Å². The largest absolute Gasteiger partial charge is 1.00 e. The monoisotopic (exact) mass is 570 g/mol. The Morgan fingerprint density at radius 2 is 0.484 bits per heavy atom. The minimum atomic E-state index is -6.60. The van der Waals surface area contributed by atoms with Crippen LogP contribution in [0.1, 0.15) is 1.43 Å². The van der Waals surface area contributed by atoms with E-state index in [-0.39, 0.29) is 20.3 Å². The Labute approximate surface area is 177 Å². The number of sulfonamides is 4. The Kier molecular flexibility index (Phi) is 11.0. The summed E-state index contributed by atoms with van der Waals surface area (Å²) in [5.74, 6) is 0. The van der Waals surface area contributed by atoms with Gasteiger partial charge in [0.05, 0.1) is 0 Å². The van der Waals surface area contributed by atoms with Crippen LogP contribution < -0.4 is 27.1 Å². The van der Waals surface area contributed by atoms with E-state index in [9.17, 15) is 86.4 Å². The zero-order valence-corrected chi connectivity index (χ0v) is 16.7. The molecular weight excluding hydrogens is 567 g/mol. The zero-order chi connectivity index (χ0) is 25.4. The maximum absolute atomic E-state index is 11.5. The first-order valence-corrected chi connectivity index (χ1v) is 11.2. The van der Waals surface area contributed by atoms with Gasteiger partial charge in [-0.2, -0.15) is 52.7 Å². The first-order chi connectivity index (χ1) is 12.4. The Balaban J connectivity index is -0.000000231. The Bertz CT molecular complexity index is 868. The smallest absolute Gasteiger partial charge is 1.00 e. The number of nitrogens with one attached hydrogen (secondary N) is 2. The number of halogens is 12. The summed E-state index contributed by atoms with van der Waals surface area (Å²) in [5.41, 5.74) is -24.6. The Hall–Kier alpha value is -0.523. The number of rotatable bonds is 4. The molecule has 31 heavy (non-hydrogen) atoms. The van der Waals surface area contributed by atoms with Crippen molar-refractivity contribution in [3.63, 3.8) is 0 Å². The fourth-order valence-electron chi connectivity index (χ4n) is 0.478. The van der Waals surface area contributed by atoms with Gasteiger partial charge < -0.3 is 1.43 Å². The molecule has 0 heterocycles. The SMILES string of the molecule is O=S(=O)(NS(=O)(=O)C(F)(F)F)C(F)(F)F.O=S(=O)(NS(=O)(=O)C(F)(F)F)C(F)(F)F.[H-].[Li+]. The van der Waals surface area contributed by atoms with E-state index in [0.29, 0.717) is 0 Å². The number of hydrogen-bond donors (Lipinski definition) is 2. The molecule has 0 saturated carbocycles. The van der Waals surface area contributed by atoms with Gasteiger partial charge in [0.2, 0.25) is 0 Å². The van der Waals surface area contributed by atoms with Gasteiger partial charge in [-0.1, -0.05) is 8.25 Å². The van der Waals surface area contributed by atoms with Gasteiger partial charge in [0.25, 0.3) is 0 Å². The zero-order valence-electron chi connectivity index (χ0n) is 14.4. The van der Waals surface area contributed by atoms with Crippen molar-refractivity contribution in [3.8, 4) is 0 Å². The van der Waals surface area contributed by atoms with Crippen molar-refractivity contribution >= 4 is 40.1 Å². The average molecular weight is 570 g/mol. The van der Waals surface area contributed by atoms with Gasteiger partial charge in [0.1, 0.15) is 0 Å². The Morgan fingerprint density at radius 3 is 0.548 bits per heavy atom. The molecule has 0 aromatic carbocycles. The molecule has 186 valence electrons. The first-order valence-electron chi connectivity index (χ1n) is 5.23. The van der Waals surface area contributed by atoms with Crippen molar-refractivity contribution in [1.82, 2.24) is 8.25 Å². The van der Waals surface area contributed by atoms with Gasteiger partial charge in [-0.05, 0) is 0 Å². The summed E-state index contributed by atoms with van der Waals surface area (Å²) in [6.45, 7) is 0. The molecule has 2 N–H and O–H groups in total. The predicted molar refractivity (Wildman–Crippen MR) is 67.3 cm³/mol. The molecule has 0 rings (SSSR count). The summed E-state index contributed by atoms with van der Waals surface area (Å²) < 4.78 is 217. The summed E-state index contributed by atoms with van der Waals surface area (Å²) >= 11 is 0. The molecule has 0 radical (unpaired) electrons. The minimum Gasteiger partial charge on any atom is -1.00 e. The van der Waals surface area contributed by atoms with Crippen LogP contribution in [0, 0.1) is 0 Å². The van der Waals surface area contributed by atoms with E-state index in [2.05, 4.69) is 0 Å². The van der Waals surface area contributed by atoms with Gasteiger partial charge >= 0.3 is 81.0 Å². The third-order valence-electron chi connectivity index (χ3n) is 1.66. The summed E-state index contributed by atoms with van der Waals surface area (Å²) in [7, 11) is -26.4. The summed E-state index contributed by atoms with van der Waals surface area (Å²) in [4.78, 5) is 0. The molecule has 0 saturated heterocycles. The molecule has 0 unspecified atom stereocenters. The maximum atomic E-state index is 11.5. The first kappa shape index (κ1) is 35.1. The molecule has 0 fully saturated rings. The van der Waals surface area contributed by atoms with E-state index < -0.39 is 70.4 Å². The topological polar surface area (TPSA) is 161 Å². The van der Waals surface area contributed by atoms with Gasteiger partial charge in [0.15, 0.2) is 0 Å². The molecule has 27 heteroatoms. The van der Waals surface area contributed by atoms with Crippen LogP contribution in [0.15, 0.2) is 0 Å². The van der Waals surface area contributed by atoms with E-state index in [1.54, 1.807) is 0 Å². The standard InChI is InChI=1S/2C2HF6NO4S2.Li.H/c2*3-1(4,5)14(10,11)9-15(12,13)2(6,7)8;;/h2*9H;;/q;;+1;-1.